The van der Waals surface area contributed by atoms with Crippen LogP contribution in [0.4, 0.5) is 0 Å². The molecule has 0 unspecified atom stereocenters. The van der Waals surface area contributed by atoms with Crippen LogP contribution in [0.3, 0.4) is 0 Å². The lowest BCUT2D eigenvalue weighted by Gasteiger charge is -2.24. The van der Waals surface area contributed by atoms with Crippen molar-refractivity contribution < 1.29 is 14.9 Å². The van der Waals surface area contributed by atoms with E-state index < -0.39 is 29.2 Å². The zero-order valence-corrected chi connectivity index (χ0v) is 9.29. The predicted octanol–water partition coefficient (Wildman–Crippen LogP) is -1.43. The van der Waals surface area contributed by atoms with Crippen LogP contribution in [-0.4, -0.2) is 38.1 Å². The van der Waals surface area contributed by atoms with E-state index in [4.69, 9.17) is 9.84 Å². The first-order valence-corrected chi connectivity index (χ1v) is 5.24. The van der Waals surface area contributed by atoms with Crippen molar-refractivity contribution in [2.75, 3.05) is 6.61 Å². The van der Waals surface area contributed by atoms with Crippen LogP contribution < -0.4 is 11.2 Å². The van der Waals surface area contributed by atoms with E-state index in [1.165, 1.54) is 16.8 Å². The van der Waals surface area contributed by atoms with Gasteiger partial charge in [-0.3, -0.25) is 14.3 Å². The van der Waals surface area contributed by atoms with Gasteiger partial charge in [-0.1, -0.05) is 0 Å². The standard InChI is InChI=1S/C10H14N2O5/c1-10(5-13)6(14)4-8(17-10)12-3-2-7(15)11-9(12)16/h2-3,6,8,13-14H,4-5H2,1H3,(H,11,15,16)/t6-,8+,10+/m0/s1. The molecular weight excluding hydrogens is 228 g/mol. The molecule has 0 bridgehead atoms. The topological polar surface area (TPSA) is 105 Å². The summed E-state index contributed by atoms with van der Waals surface area (Å²) >= 11 is 0. The molecule has 0 amide bonds. The maximum absolute atomic E-state index is 11.5. The summed E-state index contributed by atoms with van der Waals surface area (Å²) in [5.74, 6) is 0. The molecule has 2 heterocycles. The molecule has 0 aromatic carbocycles. The second-order valence-corrected chi connectivity index (χ2v) is 4.31. The number of aliphatic hydroxyl groups excluding tert-OH is 2. The Hall–Kier alpha value is -1.44. The summed E-state index contributed by atoms with van der Waals surface area (Å²) < 4.78 is 6.64. The van der Waals surface area contributed by atoms with Crippen molar-refractivity contribution in [3.05, 3.63) is 33.1 Å². The van der Waals surface area contributed by atoms with Crippen molar-refractivity contribution >= 4 is 0 Å². The molecule has 3 N–H and O–H groups in total. The van der Waals surface area contributed by atoms with Gasteiger partial charge in [0.1, 0.15) is 11.8 Å². The van der Waals surface area contributed by atoms with Crippen LogP contribution in [0.5, 0.6) is 0 Å². The second kappa shape index (κ2) is 4.10. The molecular formula is C10H14N2O5. The average molecular weight is 242 g/mol. The van der Waals surface area contributed by atoms with Crippen molar-refractivity contribution in [3.8, 4) is 0 Å². The van der Waals surface area contributed by atoms with Crippen molar-refractivity contribution in [1.29, 1.82) is 0 Å². The van der Waals surface area contributed by atoms with Gasteiger partial charge in [-0.25, -0.2) is 4.79 Å². The summed E-state index contributed by atoms with van der Waals surface area (Å²) in [6.07, 6.45) is -0.0622. The van der Waals surface area contributed by atoms with Gasteiger partial charge < -0.3 is 14.9 Å². The van der Waals surface area contributed by atoms with E-state index in [-0.39, 0.29) is 13.0 Å². The Morgan fingerprint density at radius 1 is 1.65 bits per heavy atom. The van der Waals surface area contributed by atoms with Crippen molar-refractivity contribution in [2.24, 2.45) is 0 Å². The largest absolute Gasteiger partial charge is 0.393 e. The van der Waals surface area contributed by atoms with E-state index >= 15 is 0 Å². The summed E-state index contributed by atoms with van der Waals surface area (Å²) in [6.45, 7) is 1.22. The molecule has 0 saturated carbocycles. The molecule has 7 nitrogen and oxygen atoms in total. The Bertz CT molecular complexity index is 522. The number of nitrogens with one attached hydrogen (secondary N) is 1. The quantitative estimate of drug-likeness (QED) is 0.589. The van der Waals surface area contributed by atoms with Gasteiger partial charge >= 0.3 is 5.69 Å². The van der Waals surface area contributed by atoms with Crippen LogP contribution in [0.25, 0.3) is 0 Å². The fraction of sp³-hybridized carbons (Fsp3) is 0.600. The molecule has 1 aromatic rings. The van der Waals surface area contributed by atoms with Crippen LogP contribution in [0, 0.1) is 0 Å². The van der Waals surface area contributed by atoms with Crippen LogP contribution in [0.15, 0.2) is 21.9 Å². The highest BCUT2D eigenvalue weighted by molar-refractivity contribution is 4.94. The SMILES string of the molecule is C[C@]1(CO)O[C@@H](n2ccc(=O)[nH]c2=O)C[C@@H]1O. The van der Waals surface area contributed by atoms with Gasteiger partial charge in [0.2, 0.25) is 0 Å². The Balaban J connectivity index is 2.32. The van der Waals surface area contributed by atoms with Crippen LogP contribution >= 0.6 is 0 Å². The Labute approximate surface area is 96.3 Å². The number of aromatic amines is 1. The van der Waals surface area contributed by atoms with Crippen molar-refractivity contribution in [3.63, 3.8) is 0 Å². The summed E-state index contributed by atoms with van der Waals surface area (Å²) in [5, 5.41) is 18.9. The van der Waals surface area contributed by atoms with Gasteiger partial charge in [0.05, 0.1) is 12.7 Å². The summed E-state index contributed by atoms with van der Waals surface area (Å²) in [7, 11) is 0. The van der Waals surface area contributed by atoms with Gasteiger partial charge in [-0.15, -0.1) is 0 Å². The van der Waals surface area contributed by atoms with Crippen molar-refractivity contribution in [1.82, 2.24) is 9.55 Å². The third-order valence-electron chi connectivity index (χ3n) is 3.01. The van der Waals surface area contributed by atoms with E-state index in [2.05, 4.69) is 4.98 Å². The Morgan fingerprint density at radius 3 is 2.88 bits per heavy atom. The summed E-state index contributed by atoms with van der Waals surface area (Å²) in [5.41, 5.74) is -2.17. The Kier molecular flexibility index (Phi) is 2.90. The van der Waals surface area contributed by atoms with E-state index in [9.17, 15) is 14.7 Å². The average Bonchev–Trinajstić information content (AvgIpc) is 2.56. The predicted molar refractivity (Wildman–Crippen MR) is 57.6 cm³/mol. The van der Waals surface area contributed by atoms with Crippen LogP contribution in [-0.2, 0) is 4.74 Å². The lowest BCUT2D eigenvalue weighted by molar-refractivity contribution is -0.116. The molecule has 1 aliphatic rings. The minimum absolute atomic E-state index is 0.184. The number of aliphatic hydroxyl groups is 2. The molecule has 3 atom stereocenters. The molecule has 1 aliphatic heterocycles. The maximum Gasteiger partial charge on any atom is 0.330 e. The number of hydrogen-bond donors (Lipinski definition) is 3. The minimum atomic E-state index is -1.08. The van der Waals surface area contributed by atoms with Crippen molar-refractivity contribution in [2.45, 2.75) is 31.3 Å². The van der Waals surface area contributed by atoms with Gasteiger partial charge in [0.15, 0.2) is 0 Å². The van der Waals surface area contributed by atoms with E-state index in [0.717, 1.165) is 0 Å². The number of H-pyrrole nitrogens is 1. The molecule has 0 spiro atoms. The first-order chi connectivity index (χ1) is 7.96. The maximum atomic E-state index is 11.5. The number of ether oxygens (including phenoxy) is 1. The number of hydrogen-bond acceptors (Lipinski definition) is 5. The fourth-order valence-electron chi connectivity index (χ4n) is 1.84. The third kappa shape index (κ3) is 2.04. The highest BCUT2D eigenvalue weighted by atomic mass is 16.6. The lowest BCUT2D eigenvalue weighted by Crippen LogP contribution is -2.40. The minimum Gasteiger partial charge on any atom is -0.393 e. The molecule has 0 aliphatic carbocycles. The first kappa shape index (κ1) is 12.0. The zero-order valence-electron chi connectivity index (χ0n) is 9.29. The van der Waals surface area contributed by atoms with Gasteiger partial charge in [0.25, 0.3) is 5.56 Å². The molecule has 17 heavy (non-hydrogen) atoms. The molecule has 2 rings (SSSR count). The van der Waals surface area contributed by atoms with Crippen LogP contribution in [0.1, 0.15) is 19.6 Å². The summed E-state index contributed by atoms with van der Waals surface area (Å²) in [4.78, 5) is 24.5. The first-order valence-electron chi connectivity index (χ1n) is 5.24. The second-order valence-electron chi connectivity index (χ2n) is 4.31. The number of rotatable bonds is 2. The smallest absolute Gasteiger partial charge is 0.330 e. The normalized spacial score (nSPS) is 32.9. The Morgan fingerprint density at radius 2 is 2.35 bits per heavy atom. The van der Waals surface area contributed by atoms with Gasteiger partial charge in [-0.2, -0.15) is 0 Å². The van der Waals surface area contributed by atoms with Crippen LogP contribution in [0.2, 0.25) is 0 Å². The highest BCUT2D eigenvalue weighted by Crippen LogP contribution is 2.35. The number of nitrogens with zero attached hydrogens (tertiary/aromatic N) is 1. The van der Waals surface area contributed by atoms with Gasteiger partial charge in [-0.05, 0) is 6.92 Å². The lowest BCUT2D eigenvalue weighted by atomic mass is 10.0. The van der Waals surface area contributed by atoms with E-state index in [1.54, 1.807) is 6.92 Å². The van der Waals surface area contributed by atoms with Gasteiger partial charge in [0, 0.05) is 18.7 Å². The molecule has 0 radical (unpaired) electrons. The molecule has 1 aromatic heterocycles. The van der Waals surface area contributed by atoms with E-state index in [1.807, 2.05) is 0 Å². The molecule has 1 saturated heterocycles. The molecule has 1 fully saturated rings. The zero-order chi connectivity index (χ0) is 12.6. The number of aromatic nitrogens is 2. The third-order valence-corrected chi connectivity index (χ3v) is 3.01. The monoisotopic (exact) mass is 242 g/mol. The summed E-state index contributed by atoms with van der Waals surface area (Å²) in [6, 6.07) is 1.20. The van der Waals surface area contributed by atoms with E-state index in [0.29, 0.717) is 0 Å². The fourth-order valence-corrected chi connectivity index (χ4v) is 1.84. The molecule has 94 valence electrons. The molecule has 7 heteroatoms. The highest BCUT2D eigenvalue weighted by Gasteiger charge is 2.44.